The summed E-state index contributed by atoms with van der Waals surface area (Å²) in [6, 6.07) is 15.3. The maximum atomic E-state index is 12.5. The summed E-state index contributed by atoms with van der Waals surface area (Å²) in [6.45, 7) is 6.61. The summed E-state index contributed by atoms with van der Waals surface area (Å²) in [5, 5.41) is 3.00. The van der Waals surface area contributed by atoms with E-state index in [4.69, 9.17) is 4.42 Å². The lowest BCUT2D eigenvalue weighted by molar-refractivity contribution is -0.117. The number of hydrogen-bond donors (Lipinski definition) is 1. The second kappa shape index (κ2) is 10.0. The van der Waals surface area contributed by atoms with Crippen LogP contribution in [0.15, 0.2) is 52.9 Å². The molecule has 0 spiro atoms. The quantitative estimate of drug-likeness (QED) is 0.603. The Hall–Kier alpha value is -2.74. The standard InChI is InChI=1S/C24H31N5O2/c1-27(2)12-5-13-28-14-16-29(17-15-28)18-23(30)25-20-10-8-19(9-11-20)24-26-21-6-3-4-7-22(21)31-24/h3-4,6-11H,5,12-18H2,1-2H3,(H,25,30). The van der Waals surface area contributed by atoms with Crippen LogP contribution in [0.5, 0.6) is 0 Å². The lowest BCUT2D eigenvalue weighted by Gasteiger charge is -2.34. The molecule has 1 saturated heterocycles. The first-order chi connectivity index (χ1) is 15.1. The third-order valence-electron chi connectivity index (χ3n) is 5.62. The first-order valence-corrected chi connectivity index (χ1v) is 10.9. The number of aromatic nitrogens is 1. The van der Waals surface area contributed by atoms with Crippen molar-refractivity contribution in [2.75, 3.05) is 65.2 Å². The van der Waals surface area contributed by atoms with Gasteiger partial charge in [-0.15, -0.1) is 0 Å². The molecular weight excluding hydrogens is 390 g/mol. The van der Waals surface area contributed by atoms with Gasteiger partial charge in [-0.2, -0.15) is 0 Å². The van der Waals surface area contributed by atoms with Crippen LogP contribution in [-0.4, -0.2) is 85.5 Å². The molecule has 1 fully saturated rings. The fourth-order valence-electron chi connectivity index (χ4n) is 3.88. The maximum Gasteiger partial charge on any atom is 0.238 e. The van der Waals surface area contributed by atoms with E-state index in [-0.39, 0.29) is 5.91 Å². The van der Waals surface area contributed by atoms with E-state index in [0.717, 1.165) is 61.6 Å². The summed E-state index contributed by atoms with van der Waals surface area (Å²) in [6.07, 6.45) is 1.19. The van der Waals surface area contributed by atoms with Crippen LogP contribution >= 0.6 is 0 Å². The zero-order chi connectivity index (χ0) is 21.6. The summed E-state index contributed by atoms with van der Waals surface area (Å²) >= 11 is 0. The smallest absolute Gasteiger partial charge is 0.238 e. The van der Waals surface area contributed by atoms with Crippen molar-refractivity contribution in [2.24, 2.45) is 0 Å². The van der Waals surface area contributed by atoms with Crippen LogP contribution in [0.1, 0.15) is 6.42 Å². The van der Waals surface area contributed by atoms with Gasteiger partial charge in [0.1, 0.15) is 5.52 Å². The topological polar surface area (TPSA) is 64.8 Å². The number of amides is 1. The molecule has 1 aliphatic heterocycles. The molecule has 1 aromatic heterocycles. The Morgan fingerprint density at radius 3 is 2.45 bits per heavy atom. The third kappa shape index (κ3) is 5.91. The van der Waals surface area contributed by atoms with E-state index in [9.17, 15) is 4.79 Å². The van der Waals surface area contributed by atoms with E-state index in [1.54, 1.807) is 0 Å². The molecule has 0 saturated carbocycles. The monoisotopic (exact) mass is 421 g/mol. The van der Waals surface area contributed by atoms with Gasteiger partial charge in [-0.25, -0.2) is 4.98 Å². The van der Waals surface area contributed by atoms with Gasteiger partial charge < -0.3 is 19.5 Å². The molecule has 0 radical (unpaired) electrons. The van der Waals surface area contributed by atoms with Gasteiger partial charge in [0.25, 0.3) is 0 Å². The number of anilines is 1. The zero-order valence-electron chi connectivity index (χ0n) is 18.4. The van der Waals surface area contributed by atoms with Crippen molar-refractivity contribution in [1.82, 2.24) is 19.7 Å². The zero-order valence-corrected chi connectivity index (χ0v) is 18.4. The molecule has 164 valence electrons. The Labute approximate surface area is 183 Å². The highest BCUT2D eigenvalue weighted by molar-refractivity contribution is 5.92. The van der Waals surface area contributed by atoms with Crippen molar-refractivity contribution in [3.8, 4) is 11.5 Å². The molecular formula is C24H31N5O2. The van der Waals surface area contributed by atoms with Crippen molar-refractivity contribution >= 4 is 22.7 Å². The molecule has 4 rings (SSSR count). The van der Waals surface area contributed by atoms with E-state index in [0.29, 0.717) is 12.4 Å². The van der Waals surface area contributed by atoms with Gasteiger partial charge in [-0.1, -0.05) is 12.1 Å². The lowest BCUT2D eigenvalue weighted by atomic mass is 10.2. The molecule has 2 heterocycles. The molecule has 0 bridgehead atoms. The van der Waals surface area contributed by atoms with Crippen LogP contribution in [0, 0.1) is 0 Å². The van der Waals surface area contributed by atoms with Crippen molar-refractivity contribution in [1.29, 1.82) is 0 Å². The maximum absolute atomic E-state index is 12.5. The molecule has 2 aromatic carbocycles. The normalized spacial score (nSPS) is 15.6. The van der Waals surface area contributed by atoms with Crippen molar-refractivity contribution in [3.05, 3.63) is 48.5 Å². The van der Waals surface area contributed by atoms with Gasteiger partial charge in [0, 0.05) is 37.4 Å². The van der Waals surface area contributed by atoms with E-state index >= 15 is 0 Å². The Morgan fingerprint density at radius 1 is 1.03 bits per heavy atom. The number of para-hydroxylation sites is 2. The third-order valence-corrected chi connectivity index (χ3v) is 5.62. The van der Waals surface area contributed by atoms with Crippen molar-refractivity contribution in [3.63, 3.8) is 0 Å². The summed E-state index contributed by atoms with van der Waals surface area (Å²) in [7, 11) is 4.22. The van der Waals surface area contributed by atoms with Crippen LogP contribution < -0.4 is 5.32 Å². The predicted molar refractivity (Wildman–Crippen MR) is 124 cm³/mol. The molecule has 3 aromatic rings. The van der Waals surface area contributed by atoms with Crippen molar-refractivity contribution in [2.45, 2.75) is 6.42 Å². The Bertz CT molecular complexity index is 958. The van der Waals surface area contributed by atoms with E-state index < -0.39 is 0 Å². The van der Waals surface area contributed by atoms with Crippen LogP contribution in [0.25, 0.3) is 22.6 Å². The minimum Gasteiger partial charge on any atom is -0.436 e. The lowest BCUT2D eigenvalue weighted by Crippen LogP contribution is -2.48. The van der Waals surface area contributed by atoms with Gasteiger partial charge >= 0.3 is 0 Å². The largest absolute Gasteiger partial charge is 0.436 e. The highest BCUT2D eigenvalue weighted by Crippen LogP contribution is 2.25. The first-order valence-electron chi connectivity index (χ1n) is 10.9. The number of oxazole rings is 1. The number of rotatable bonds is 8. The summed E-state index contributed by atoms with van der Waals surface area (Å²) < 4.78 is 5.81. The number of carbonyl (C=O) groups excluding carboxylic acids is 1. The molecule has 7 nitrogen and oxygen atoms in total. The Kier molecular flexibility index (Phi) is 6.96. The Balaban J connectivity index is 1.24. The number of piperazine rings is 1. The summed E-state index contributed by atoms with van der Waals surface area (Å²) in [4.78, 5) is 23.9. The van der Waals surface area contributed by atoms with Gasteiger partial charge in [-0.05, 0) is 70.0 Å². The molecule has 7 heteroatoms. The molecule has 1 N–H and O–H groups in total. The van der Waals surface area contributed by atoms with E-state index in [1.807, 2.05) is 48.5 Å². The van der Waals surface area contributed by atoms with Crippen LogP contribution in [0.2, 0.25) is 0 Å². The summed E-state index contributed by atoms with van der Waals surface area (Å²) in [5.41, 5.74) is 3.28. The summed E-state index contributed by atoms with van der Waals surface area (Å²) in [5.74, 6) is 0.609. The molecule has 1 aliphatic rings. The average Bonchev–Trinajstić information content (AvgIpc) is 3.19. The number of fused-ring (bicyclic) bond motifs is 1. The number of hydrogen-bond acceptors (Lipinski definition) is 6. The number of benzene rings is 2. The van der Waals surface area contributed by atoms with E-state index in [1.165, 1.54) is 6.42 Å². The molecule has 0 aliphatic carbocycles. The first kappa shape index (κ1) is 21.5. The van der Waals surface area contributed by atoms with Gasteiger partial charge in [0.15, 0.2) is 5.58 Å². The van der Waals surface area contributed by atoms with Gasteiger partial charge in [-0.3, -0.25) is 9.69 Å². The van der Waals surface area contributed by atoms with Crippen LogP contribution in [0.4, 0.5) is 5.69 Å². The van der Waals surface area contributed by atoms with Gasteiger partial charge in [0.05, 0.1) is 6.54 Å². The number of nitrogens with zero attached hydrogens (tertiary/aromatic N) is 4. The molecule has 31 heavy (non-hydrogen) atoms. The second-order valence-corrected chi connectivity index (χ2v) is 8.39. The minimum absolute atomic E-state index is 0.0238. The average molecular weight is 422 g/mol. The minimum atomic E-state index is 0.0238. The Morgan fingerprint density at radius 2 is 1.74 bits per heavy atom. The van der Waals surface area contributed by atoms with Crippen LogP contribution in [0.3, 0.4) is 0 Å². The van der Waals surface area contributed by atoms with Gasteiger partial charge in [0.2, 0.25) is 11.8 Å². The SMILES string of the molecule is CN(C)CCCN1CCN(CC(=O)Nc2ccc(-c3nc4ccccc4o3)cc2)CC1. The van der Waals surface area contributed by atoms with Crippen LogP contribution in [-0.2, 0) is 4.79 Å². The molecule has 0 atom stereocenters. The highest BCUT2D eigenvalue weighted by Gasteiger charge is 2.18. The predicted octanol–water partition coefficient (Wildman–Crippen LogP) is 3.00. The fourth-order valence-corrected chi connectivity index (χ4v) is 3.88. The second-order valence-electron chi connectivity index (χ2n) is 8.39. The molecule has 0 unspecified atom stereocenters. The molecule has 1 amide bonds. The number of carbonyl (C=O) groups is 1. The van der Waals surface area contributed by atoms with E-state index in [2.05, 4.69) is 39.1 Å². The number of nitrogens with one attached hydrogen (secondary N) is 1. The highest BCUT2D eigenvalue weighted by atomic mass is 16.3. The van der Waals surface area contributed by atoms with Crippen molar-refractivity contribution < 1.29 is 9.21 Å². The fraction of sp³-hybridized carbons (Fsp3) is 0.417.